The first-order chi connectivity index (χ1) is 8.65. The summed E-state index contributed by atoms with van der Waals surface area (Å²) in [6.45, 7) is 1.85. The van der Waals surface area contributed by atoms with Gasteiger partial charge >= 0.3 is 0 Å². The van der Waals surface area contributed by atoms with Crippen LogP contribution in [-0.4, -0.2) is 42.4 Å². The molecule has 1 saturated heterocycles. The van der Waals surface area contributed by atoms with E-state index in [2.05, 4.69) is 5.32 Å². The Labute approximate surface area is 105 Å². The van der Waals surface area contributed by atoms with Crippen molar-refractivity contribution < 1.29 is 14.0 Å². The zero-order valence-corrected chi connectivity index (χ0v) is 10.1. The Kier molecular flexibility index (Phi) is 3.99. The van der Waals surface area contributed by atoms with Crippen LogP contribution in [0.25, 0.3) is 0 Å². The molecule has 6 heteroatoms. The van der Waals surface area contributed by atoms with Crippen LogP contribution in [0.15, 0.2) is 23.0 Å². The lowest BCUT2D eigenvalue weighted by atomic mass is 10.0. The lowest BCUT2D eigenvalue weighted by Gasteiger charge is -2.31. The number of amides is 2. The Bertz CT molecular complexity index is 408. The largest absolute Gasteiger partial charge is 0.472 e. The third-order valence-electron chi connectivity index (χ3n) is 3.09. The van der Waals surface area contributed by atoms with Gasteiger partial charge in [-0.2, -0.15) is 0 Å². The molecule has 2 heterocycles. The highest BCUT2D eigenvalue weighted by atomic mass is 16.3. The van der Waals surface area contributed by atoms with E-state index in [1.54, 1.807) is 6.07 Å². The molecule has 0 atom stereocenters. The van der Waals surface area contributed by atoms with Gasteiger partial charge in [0.05, 0.1) is 18.4 Å². The second-order valence-electron chi connectivity index (χ2n) is 4.50. The number of nitrogens with two attached hydrogens (primary N) is 1. The van der Waals surface area contributed by atoms with Crippen molar-refractivity contribution in [2.24, 2.45) is 5.73 Å². The zero-order chi connectivity index (χ0) is 13.0. The molecule has 1 aromatic heterocycles. The second-order valence-corrected chi connectivity index (χ2v) is 4.50. The molecule has 0 saturated carbocycles. The van der Waals surface area contributed by atoms with Crippen LogP contribution in [0.2, 0.25) is 0 Å². The SMILES string of the molecule is NC(=O)CN1CCC(NC(=O)c2ccoc2)CC1. The first-order valence-corrected chi connectivity index (χ1v) is 5.99. The van der Waals surface area contributed by atoms with Gasteiger partial charge in [-0.25, -0.2) is 0 Å². The summed E-state index contributed by atoms with van der Waals surface area (Å²) >= 11 is 0. The van der Waals surface area contributed by atoms with Gasteiger partial charge in [0.2, 0.25) is 5.91 Å². The van der Waals surface area contributed by atoms with Gasteiger partial charge in [0.1, 0.15) is 6.26 Å². The Balaban J connectivity index is 1.77. The summed E-state index contributed by atoms with van der Waals surface area (Å²) < 4.78 is 4.87. The molecule has 2 rings (SSSR count). The number of rotatable bonds is 4. The average molecular weight is 251 g/mol. The quantitative estimate of drug-likeness (QED) is 0.785. The summed E-state index contributed by atoms with van der Waals surface area (Å²) in [6.07, 6.45) is 4.57. The highest BCUT2D eigenvalue weighted by Gasteiger charge is 2.22. The number of likely N-dealkylation sites (tertiary alicyclic amines) is 1. The summed E-state index contributed by atoms with van der Waals surface area (Å²) in [5.41, 5.74) is 5.68. The van der Waals surface area contributed by atoms with Crippen LogP contribution in [-0.2, 0) is 4.79 Å². The Hall–Kier alpha value is -1.82. The predicted molar refractivity (Wildman–Crippen MR) is 64.8 cm³/mol. The molecule has 0 aromatic carbocycles. The number of carbonyl (C=O) groups excluding carboxylic acids is 2. The van der Waals surface area contributed by atoms with Crippen molar-refractivity contribution >= 4 is 11.8 Å². The third-order valence-corrected chi connectivity index (χ3v) is 3.09. The summed E-state index contributed by atoms with van der Waals surface area (Å²) in [5, 5.41) is 2.95. The highest BCUT2D eigenvalue weighted by Crippen LogP contribution is 2.11. The molecule has 1 aromatic rings. The fraction of sp³-hybridized carbons (Fsp3) is 0.500. The lowest BCUT2D eigenvalue weighted by molar-refractivity contribution is -0.119. The fourth-order valence-electron chi connectivity index (χ4n) is 2.12. The first kappa shape index (κ1) is 12.6. The van der Waals surface area contributed by atoms with E-state index < -0.39 is 0 Å². The van der Waals surface area contributed by atoms with Gasteiger partial charge in [-0.1, -0.05) is 0 Å². The molecule has 1 aliphatic rings. The number of furan rings is 1. The Morgan fingerprint density at radius 1 is 1.44 bits per heavy atom. The molecule has 1 fully saturated rings. The highest BCUT2D eigenvalue weighted by molar-refractivity contribution is 5.93. The van der Waals surface area contributed by atoms with Crippen molar-refractivity contribution in [2.75, 3.05) is 19.6 Å². The Morgan fingerprint density at radius 3 is 2.72 bits per heavy atom. The lowest BCUT2D eigenvalue weighted by Crippen LogP contribution is -2.46. The van der Waals surface area contributed by atoms with Crippen molar-refractivity contribution in [2.45, 2.75) is 18.9 Å². The van der Waals surface area contributed by atoms with Crippen molar-refractivity contribution in [3.63, 3.8) is 0 Å². The molecular weight excluding hydrogens is 234 g/mol. The van der Waals surface area contributed by atoms with Gasteiger partial charge in [-0.05, 0) is 18.9 Å². The van der Waals surface area contributed by atoms with Crippen LogP contribution in [0, 0.1) is 0 Å². The number of piperidine rings is 1. The van der Waals surface area contributed by atoms with Crippen molar-refractivity contribution in [3.8, 4) is 0 Å². The summed E-state index contributed by atoms with van der Waals surface area (Å²) in [4.78, 5) is 24.6. The zero-order valence-electron chi connectivity index (χ0n) is 10.1. The minimum Gasteiger partial charge on any atom is -0.472 e. The van der Waals surface area contributed by atoms with Crippen molar-refractivity contribution in [1.29, 1.82) is 0 Å². The maximum Gasteiger partial charge on any atom is 0.254 e. The van der Waals surface area contributed by atoms with E-state index in [1.807, 2.05) is 4.90 Å². The predicted octanol–water partition coefficient (Wildman–Crippen LogP) is -0.0409. The number of nitrogens with zero attached hydrogens (tertiary/aromatic N) is 1. The van der Waals surface area contributed by atoms with Gasteiger partial charge < -0.3 is 15.5 Å². The smallest absolute Gasteiger partial charge is 0.254 e. The van der Waals surface area contributed by atoms with Crippen LogP contribution >= 0.6 is 0 Å². The normalized spacial score (nSPS) is 17.6. The van der Waals surface area contributed by atoms with Crippen LogP contribution in [0.4, 0.5) is 0 Å². The topological polar surface area (TPSA) is 88.6 Å². The molecular formula is C12H17N3O3. The molecule has 2 amide bonds. The maximum absolute atomic E-state index is 11.8. The minimum atomic E-state index is -0.309. The van der Waals surface area contributed by atoms with E-state index in [9.17, 15) is 9.59 Å². The second kappa shape index (κ2) is 5.68. The summed E-state index contributed by atoms with van der Waals surface area (Å²) in [5.74, 6) is -0.423. The summed E-state index contributed by atoms with van der Waals surface area (Å²) in [7, 11) is 0. The van der Waals surface area contributed by atoms with Gasteiger partial charge in [-0.3, -0.25) is 14.5 Å². The van der Waals surface area contributed by atoms with E-state index in [-0.39, 0.29) is 17.9 Å². The van der Waals surface area contributed by atoms with E-state index in [4.69, 9.17) is 10.2 Å². The Morgan fingerprint density at radius 2 is 2.17 bits per heavy atom. The van der Waals surface area contributed by atoms with Crippen LogP contribution in [0.5, 0.6) is 0 Å². The average Bonchev–Trinajstić information content (AvgIpc) is 2.84. The van der Waals surface area contributed by atoms with Gasteiger partial charge in [0, 0.05) is 19.1 Å². The van der Waals surface area contributed by atoms with E-state index in [0.29, 0.717) is 12.1 Å². The number of nitrogens with one attached hydrogen (secondary N) is 1. The standard InChI is InChI=1S/C12H17N3O3/c13-11(16)7-15-4-1-10(2-5-15)14-12(17)9-3-6-18-8-9/h3,6,8,10H,1-2,4-5,7H2,(H2,13,16)(H,14,17). The summed E-state index contributed by atoms with van der Waals surface area (Å²) in [6, 6.07) is 1.79. The van der Waals surface area contributed by atoms with Crippen LogP contribution in [0.1, 0.15) is 23.2 Å². The van der Waals surface area contributed by atoms with Crippen LogP contribution < -0.4 is 11.1 Å². The number of carbonyl (C=O) groups is 2. The number of primary amides is 1. The molecule has 0 aliphatic carbocycles. The molecule has 6 nitrogen and oxygen atoms in total. The van der Waals surface area contributed by atoms with Gasteiger partial charge in [0.15, 0.2) is 0 Å². The third kappa shape index (κ3) is 3.33. The van der Waals surface area contributed by atoms with Gasteiger partial charge in [0.25, 0.3) is 5.91 Å². The number of hydrogen-bond acceptors (Lipinski definition) is 4. The molecule has 0 radical (unpaired) electrons. The molecule has 3 N–H and O–H groups in total. The number of hydrogen-bond donors (Lipinski definition) is 2. The molecule has 1 aliphatic heterocycles. The van der Waals surface area contributed by atoms with E-state index in [1.165, 1.54) is 12.5 Å². The van der Waals surface area contributed by atoms with Crippen LogP contribution in [0.3, 0.4) is 0 Å². The van der Waals surface area contributed by atoms with E-state index >= 15 is 0 Å². The molecule has 18 heavy (non-hydrogen) atoms. The molecule has 0 spiro atoms. The van der Waals surface area contributed by atoms with Gasteiger partial charge in [-0.15, -0.1) is 0 Å². The fourth-order valence-corrected chi connectivity index (χ4v) is 2.12. The molecule has 98 valence electrons. The monoisotopic (exact) mass is 251 g/mol. The van der Waals surface area contributed by atoms with Crippen molar-refractivity contribution in [3.05, 3.63) is 24.2 Å². The van der Waals surface area contributed by atoms with Crippen molar-refractivity contribution in [1.82, 2.24) is 10.2 Å². The molecule has 0 unspecified atom stereocenters. The maximum atomic E-state index is 11.8. The molecule has 0 bridgehead atoms. The van der Waals surface area contributed by atoms with E-state index in [0.717, 1.165) is 25.9 Å². The minimum absolute atomic E-state index is 0.114. The first-order valence-electron chi connectivity index (χ1n) is 5.99.